The molecule has 0 aliphatic heterocycles. The Morgan fingerprint density at radius 3 is 1.89 bits per heavy atom. The average molecular weight is 296 g/mol. The van der Waals surface area contributed by atoms with Gasteiger partial charge in [-0.1, -0.05) is 54.9 Å². The zero-order valence-electron chi connectivity index (χ0n) is 11.0. The highest BCUT2D eigenvalue weighted by atomic mass is 35.5. The lowest BCUT2D eigenvalue weighted by Crippen LogP contribution is -2.04. The minimum absolute atomic E-state index is 0. The van der Waals surface area contributed by atoms with Crippen LogP contribution in [0, 0.1) is 0 Å². The number of benzene rings is 2. The van der Waals surface area contributed by atoms with Crippen LogP contribution in [0.15, 0.2) is 48.5 Å². The summed E-state index contributed by atoms with van der Waals surface area (Å²) in [6, 6.07) is 16.6. The van der Waals surface area contributed by atoms with Crippen molar-refractivity contribution in [3.05, 3.63) is 59.1 Å². The van der Waals surface area contributed by atoms with Crippen molar-refractivity contribution in [3.63, 3.8) is 0 Å². The molecule has 2 N–H and O–H groups in total. The number of hydrogen-bond donors (Lipinski definition) is 1. The van der Waals surface area contributed by atoms with E-state index in [1.165, 1.54) is 16.7 Å². The molecule has 1 atom stereocenters. The summed E-state index contributed by atoms with van der Waals surface area (Å²) in [6.45, 7) is 2.95. The molecule has 102 valence electrons. The van der Waals surface area contributed by atoms with Gasteiger partial charge in [0, 0.05) is 5.02 Å². The van der Waals surface area contributed by atoms with Crippen molar-refractivity contribution in [1.82, 2.24) is 0 Å². The second kappa shape index (κ2) is 7.54. The predicted octanol–water partition coefficient (Wildman–Crippen LogP) is 4.88. The molecule has 1 unspecified atom stereocenters. The smallest absolute Gasteiger partial charge is 0.0406 e. The van der Waals surface area contributed by atoms with E-state index >= 15 is 0 Å². The fourth-order valence-electron chi connectivity index (χ4n) is 2.06. The Hall–Kier alpha value is -1.02. The number of halogens is 2. The summed E-state index contributed by atoms with van der Waals surface area (Å²) in [6.07, 6.45) is 1.03. The molecule has 19 heavy (non-hydrogen) atoms. The van der Waals surface area contributed by atoms with E-state index < -0.39 is 0 Å². The van der Waals surface area contributed by atoms with Gasteiger partial charge in [0.25, 0.3) is 0 Å². The van der Waals surface area contributed by atoms with Gasteiger partial charge in [-0.2, -0.15) is 0 Å². The number of nitrogens with two attached hydrogens (primary N) is 1. The Morgan fingerprint density at radius 2 is 1.42 bits per heavy atom. The first kappa shape index (κ1) is 16.0. The summed E-state index contributed by atoms with van der Waals surface area (Å²) in [7, 11) is 0. The van der Waals surface area contributed by atoms with E-state index in [-0.39, 0.29) is 12.4 Å². The largest absolute Gasteiger partial charge is 0.330 e. The SMILES string of the molecule is CC(CCN)c1ccc(-c2ccc(Cl)cc2)cc1.Cl. The van der Waals surface area contributed by atoms with Crippen LogP contribution in [0.5, 0.6) is 0 Å². The Bertz CT molecular complexity index is 491. The first-order valence-electron chi connectivity index (χ1n) is 6.26. The van der Waals surface area contributed by atoms with Crippen LogP contribution >= 0.6 is 24.0 Å². The van der Waals surface area contributed by atoms with Gasteiger partial charge in [-0.15, -0.1) is 12.4 Å². The van der Waals surface area contributed by atoms with Crippen LogP contribution in [0.25, 0.3) is 11.1 Å². The Morgan fingerprint density at radius 1 is 0.947 bits per heavy atom. The van der Waals surface area contributed by atoms with E-state index in [2.05, 4.69) is 31.2 Å². The standard InChI is InChI=1S/C16H18ClN.ClH/c1-12(10-11-18)13-2-4-14(5-3-13)15-6-8-16(17)9-7-15;/h2-9,12H,10-11,18H2,1H3;1H. The van der Waals surface area contributed by atoms with Gasteiger partial charge in [0.05, 0.1) is 0 Å². The summed E-state index contributed by atoms with van der Waals surface area (Å²) in [5.74, 6) is 0.522. The zero-order valence-corrected chi connectivity index (χ0v) is 12.5. The summed E-state index contributed by atoms with van der Waals surface area (Å²) >= 11 is 5.89. The van der Waals surface area contributed by atoms with Gasteiger partial charge >= 0.3 is 0 Å². The molecule has 0 aliphatic rings. The summed E-state index contributed by atoms with van der Waals surface area (Å²) in [5.41, 5.74) is 9.34. The highest BCUT2D eigenvalue weighted by Crippen LogP contribution is 2.25. The van der Waals surface area contributed by atoms with E-state index in [0.29, 0.717) is 5.92 Å². The van der Waals surface area contributed by atoms with E-state index in [1.54, 1.807) is 0 Å². The predicted molar refractivity (Wildman–Crippen MR) is 86.2 cm³/mol. The fourth-order valence-corrected chi connectivity index (χ4v) is 2.19. The van der Waals surface area contributed by atoms with Gasteiger partial charge in [-0.05, 0) is 47.7 Å². The van der Waals surface area contributed by atoms with E-state index in [0.717, 1.165) is 18.0 Å². The first-order chi connectivity index (χ1) is 8.70. The maximum absolute atomic E-state index is 5.89. The highest BCUT2D eigenvalue weighted by molar-refractivity contribution is 6.30. The molecule has 0 fully saturated rings. The third-order valence-corrected chi connectivity index (χ3v) is 3.51. The molecule has 0 bridgehead atoms. The van der Waals surface area contributed by atoms with Crippen LogP contribution in [-0.4, -0.2) is 6.54 Å². The summed E-state index contributed by atoms with van der Waals surface area (Å²) < 4.78 is 0. The maximum Gasteiger partial charge on any atom is 0.0406 e. The molecule has 0 saturated heterocycles. The van der Waals surface area contributed by atoms with E-state index in [4.69, 9.17) is 17.3 Å². The lowest BCUT2D eigenvalue weighted by Gasteiger charge is -2.11. The molecule has 0 radical (unpaired) electrons. The lowest BCUT2D eigenvalue weighted by molar-refractivity contribution is 0.690. The number of rotatable bonds is 4. The molecule has 0 heterocycles. The minimum Gasteiger partial charge on any atom is -0.330 e. The molecule has 0 saturated carbocycles. The Balaban J connectivity index is 0.00000180. The Kier molecular flexibility index (Phi) is 6.36. The van der Waals surface area contributed by atoms with Gasteiger partial charge in [-0.25, -0.2) is 0 Å². The molecule has 3 heteroatoms. The van der Waals surface area contributed by atoms with Gasteiger partial charge in [-0.3, -0.25) is 0 Å². The second-order valence-corrected chi connectivity index (χ2v) is 5.04. The molecule has 2 aromatic carbocycles. The topological polar surface area (TPSA) is 26.0 Å². The first-order valence-corrected chi connectivity index (χ1v) is 6.64. The molecule has 0 aromatic heterocycles. The van der Waals surface area contributed by atoms with Crippen molar-refractivity contribution in [2.75, 3.05) is 6.54 Å². The maximum atomic E-state index is 5.89. The van der Waals surface area contributed by atoms with Crippen LogP contribution in [0.3, 0.4) is 0 Å². The molecule has 0 amide bonds. The molecule has 1 nitrogen and oxygen atoms in total. The molecule has 2 aromatic rings. The summed E-state index contributed by atoms with van der Waals surface area (Å²) in [5, 5.41) is 0.770. The number of hydrogen-bond acceptors (Lipinski definition) is 1. The van der Waals surface area contributed by atoms with Crippen LogP contribution < -0.4 is 5.73 Å². The molecular formula is C16H19Cl2N. The van der Waals surface area contributed by atoms with Crippen molar-refractivity contribution < 1.29 is 0 Å². The molecular weight excluding hydrogens is 277 g/mol. The third-order valence-electron chi connectivity index (χ3n) is 3.26. The van der Waals surface area contributed by atoms with Crippen LogP contribution in [0.1, 0.15) is 24.8 Å². The normalized spacial score (nSPS) is 11.7. The highest BCUT2D eigenvalue weighted by Gasteiger charge is 2.04. The lowest BCUT2D eigenvalue weighted by atomic mass is 9.95. The van der Waals surface area contributed by atoms with Crippen molar-refractivity contribution in [3.8, 4) is 11.1 Å². The van der Waals surface area contributed by atoms with Crippen molar-refractivity contribution in [2.45, 2.75) is 19.3 Å². The van der Waals surface area contributed by atoms with Crippen molar-refractivity contribution in [2.24, 2.45) is 5.73 Å². The second-order valence-electron chi connectivity index (χ2n) is 4.61. The zero-order chi connectivity index (χ0) is 13.0. The Labute approximate surface area is 126 Å². The van der Waals surface area contributed by atoms with Gasteiger partial charge in [0.2, 0.25) is 0 Å². The average Bonchev–Trinajstić information content (AvgIpc) is 2.40. The molecule has 2 rings (SSSR count). The van der Waals surface area contributed by atoms with E-state index in [9.17, 15) is 0 Å². The van der Waals surface area contributed by atoms with E-state index in [1.807, 2.05) is 24.3 Å². The van der Waals surface area contributed by atoms with Gasteiger partial charge < -0.3 is 5.73 Å². The monoisotopic (exact) mass is 295 g/mol. The molecule has 0 spiro atoms. The third kappa shape index (κ3) is 4.24. The van der Waals surface area contributed by atoms with Crippen LogP contribution in [0.2, 0.25) is 5.02 Å². The molecule has 0 aliphatic carbocycles. The fraction of sp³-hybridized carbons (Fsp3) is 0.250. The summed E-state index contributed by atoms with van der Waals surface area (Å²) in [4.78, 5) is 0. The minimum atomic E-state index is 0. The van der Waals surface area contributed by atoms with Crippen LogP contribution in [-0.2, 0) is 0 Å². The quantitative estimate of drug-likeness (QED) is 0.855. The van der Waals surface area contributed by atoms with Crippen molar-refractivity contribution in [1.29, 1.82) is 0 Å². The van der Waals surface area contributed by atoms with Crippen molar-refractivity contribution >= 4 is 24.0 Å². The van der Waals surface area contributed by atoms with Crippen LogP contribution in [0.4, 0.5) is 0 Å². The van der Waals surface area contributed by atoms with Gasteiger partial charge in [0.1, 0.15) is 0 Å². The van der Waals surface area contributed by atoms with Gasteiger partial charge in [0.15, 0.2) is 0 Å².